The summed E-state index contributed by atoms with van der Waals surface area (Å²) in [4.78, 5) is 2.11. The van der Waals surface area contributed by atoms with Crippen LogP contribution in [0.15, 0.2) is 48.7 Å². The number of hydrogen-bond acceptors (Lipinski definition) is 2. The normalized spacial score (nSPS) is 12.5. The Morgan fingerprint density at radius 1 is 1.12 bits per heavy atom. The van der Waals surface area contributed by atoms with Crippen molar-refractivity contribution in [3.8, 4) is 0 Å². The SMILES string of the molecule is CN(C)c1ccc(CC(CN)c2cn(C)c3cc(Cl)ccc23)cc1. The van der Waals surface area contributed by atoms with Crippen LogP contribution in [0.4, 0.5) is 5.69 Å². The third-order valence-corrected chi connectivity index (χ3v) is 4.88. The van der Waals surface area contributed by atoms with Gasteiger partial charge in [-0.15, -0.1) is 0 Å². The van der Waals surface area contributed by atoms with Gasteiger partial charge in [0.15, 0.2) is 0 Å². The molecule has 0 bridgehead atoms. The molecule has 3 nitrogen and oxygen atoms in total. The fourth-order valence-electron chi connectivity index (χ4n) is 3.25. The summed E-state index contributed by atoms with van der Waals surface area (Å²) in [5, 5.41) is 2.00. The Balaban J connectivity index is 1.92. The quantitative estimate of drug-likeness (QED) is 0.755. The molecule has 0 radical (unpaired) electrons. The molecule has 0 amide bonds. The maximum atomic E-state index is 6.14. The van der Waals surface area contributed by atoms with Crippen LogP contribution in [0.1, 0.15) is 17.0 Å². The van der Waals surface area contributed by atoms with Gasteiger partial charge in [0.05, 0.1) is 0 Å². The highest BCUT2D eigenvalue weighted by molar-refractivity contribution is 6.31. The lowest BCUT2D eigenvalue weighted by Crippen LogP contribution is -2.15. The van der Waals surface area contributed by atoms with E-state index >= 15 is 0 Å². The Bertz CT molecular complexity index is 834. The van der Waals surface area contributed by atoms with E-state index in [0.717, 1.165) is 17.0 Å². The van der Waals surface area contributed by atoms with E-state index < -0.39 is 0 Å². The van der Waals surface area contributed by atoms with E-state index in [2.05, 4.69) is 67.1 Å². The topological polar surface area (TPSA) is 34.2 Å². The minimum Gasteiger partial charge on any atom is -0.378 e. The largest absolute Gasteiger partial charge is 0.378 e. The molecule has 0 spiro atoms. The molecule has 24 heavy (non-hydrogen) atoms. The number of hydrogen-bond donors (Lipinski definition) is 1. The van der Waals surface area contributed by atoms with E-state index in [9.17, 15) is 0 Å². The fraction of sp³-hybridized carbons (Fsp3) is 0.300. The van der Waals surface area contributed by atoms with Crippen molar-refractivity contribution in [1.82, 2.24) is 4.57 Å². The van der Waals surface area contributed by atoms with Crippen molar-refractivity contribution in [3.63, 3.8) is 0 Å². The van der Waals surface area contributed by atoms with E-state index in [1.807, 2.05) is 12.1 Å². The predicted octanol–water partition coefficient (Wildman–Crippen LogP) is 4.18. The summed E-state index contributed by atoms with van der Waals surface area (Å²) in [6, 6.07) is 14.8. The Kier molecular flexibility index (Phi) is 4.83. The molecule has 1 unspecified atom stereocenters. The highest BCUT2D eigenvalue weighted by atomic mass is 35.5. The van der Waals surface area contributed by atoms with Gasteiger partial charge >= 0.3 is 0 Å². The molecule has 0 aliphatic heterocycles. The highest BCUT2D eigenvalue weighted by Crippen LogP contribution is 2.31. The fourth-order valence-corrected chi connectivity index (χ4v) is 3.42. The number of fused-ring (bicyclic) bond motifs is 1. The first-order valence-corrected chi connectivity index (χ1v) is 8.58. The van der Waals surface area contributed by atoms with E-state index in [1.165, 1.54) is 22.2 Å². The van der Waals surface area contributed by atoms with Crippen molar-refractivity contribution in [1.29, 1.82) is 0 Å². The molecular weight excluding hydrogens is 318 g/mol. The molecule has 1 aromatic heterocycles. The molecule has 0 saturated carbocycles. The first-order chi connectivity index (χ1) is 11.5. The van der Waals surface area contributed by atoms with Gasteiger partial charge in [0, 0.05) is 54.9 Å². The minimum atomic E-state index is 0.292. The third-order valence-electron chi connectivity index (χ3n) is 4.64. The lowest BCUT2D eigenvalue weighted by molar-refractivity contribution is 0.696. The summed E-state index contributed by atoms with van der Waals surface area (Å²) >= 11 is 6.14. The third kappa shape index (κ3) is 3.28. The second kappa shape index (κ2) is 6.88. The first kappa shape index (κ1) is 16.9. The molecule has 2 N–H and O–H groups in total. The number of aryl methyl sites for hydroxylation is 1. The van der Waals surface area contributed by atoms with E-state index in [1.54, 1.807) is 0 Å². The van der Waals surface area contributed by atoms with Crippen molar-refractivity contribution in [3.05, 3.63) is 64.8 Å². The minimum absolute atomic E-state index is 0.292. The van der Waals surface area contributed by atoms with Crippen molar-refractivity contribution in [2.45, 2.75) is 12.3 Å². The summed E-state index contributed by atoms with van der Waals surface area (Å²) in [6.07, 6.45) is 3.12. The van der Waals surface area contributed by atoms with E-state index in [4.69, 9.17) is 17.3 Å². The number of benzene rings is 2. The number of nitrogens with zero attached hydrogens (tertiary/aromatic N) is 2. The van der Waals surface area contributed by atoms with Crippen LogP contribution < -0.4 is 10.6 Å². The van der Waals surface area contributed by atoms with Gasteiger partial charge in [-0.3, -0.25) is 0 Å². The molecule has 1 atom stereocenters. The van der Waals surface area contributed by atoms with Gasteiger partial charge in [-0.25, -0.2) is 0 Å². The number of halogens is 1. The summed E-state index contributed by atoms with van der Waals surface area (Å²) in [5.41, 5.74) is 11.1. The molecule has 4 heteroatoms. The average molecular weight is 342 g/mol. The zero-order valence-electron chi connectivity index (χ0n) is 14.5. The van der Waals surface area contributed by atoms with Gasteiger partial charge in [0.25, 0.3) is 0 Å². The zero-order chi connectivity index (χ0) is 17.3. The molecule has 2 aromatic carbocycles. The van der Waals surface area contributed by atoms with Crippen molar-refractivity contribution in [2.75, 3.05) is 25.5 Å². The van der Waals surface area contributed by atoms with Crippen LogP contribution in [0, 0.1) is 0 Å². The smallest absolute Gasteiger partial charge is 0.0495 e. The predicted molar refractivity (Wildman–Crippen MR) is 104 cm³/mol. The lowest BCUT2D eigenvalue weighted by Gasteiger charge is -2.16. The standard InChI is InChI=1S/C20H24ClN3/c1-23(2)17-7-4-14(5-8-17)10-15(12-22)19-13-24(3)20-11-16(21)6-9-18(19)20/h4-9,11,13,15H,10,12,22H2,1-3H3. The maximum absolute atomic E-state index is 6.14. The van der Waals surface area contributed by atoms with Crippen LogP contribution in [-0.4, -0.2) is 25.2 Å². The monoisotopic (exact) mass is 341 g/mol. The second-order valence-electron chi connectivity index (χ2n) is 6.55. The molecule has 0 saturated heterocycles. The Morgan fingerprint density at radius 3 is 2.46 bits per heavy atom. The van der Waals surface area contributed by atoms with Crippen LogP contribution in [0.25, 0.3) is 10.9 Å². The summed E-state index contributed by atoms with van der Waals surface area (Å²) < 4.78 is 2.13. The van der Waals surface area contributed by atoms with Crippen LogP contribution in [0.3, 0.4) is 0 Å². The average Bonchev–Trinajstić information content (AvgIpc) is 2.89. The molecule has 3 rings (SSSR count). The van der Waals surface area contributed by atoms with Crippen LogP contribution in [0.5, 0.6) is 0 Å². The molecule has 3 aromatic rings. The summed E-state index contributed by atoms with van der Waals surface area (Å²) in [6.45, 7) is 0.622. The van der Waals surface area contributed by atoms with Gasteiger partial charge in [0.1, 0.15) is 0 Å². The number of aromatic nitrogens is 1. The van der Waals surface area contributed by atoms with Crippen molar-refractivity contribution >= 4 is 28.2 Å². The van der Waals surface area contributed by atoms with Gasteiger partial charge in [-0.2, -0.15) is 0 Å². The Morgan fingerprint density at radius 2 is 1.83 bits per heavy atom. The molecule has 126 valence electrons. The van der Waals surface area contributed by atoms with E-state index in [-0.39, 0.29) is 0 Å². The number of nitrogens with two attached hydrogens (primary N) is 1. The molecular formula is C20H24ClN3. The van der Waals surface area contributed by atoms with Gasteiger partial charge < -0.3 is 15.2 Å². The Hall–Kier alpha value is -1.97. The molecule has 0 fully saturated rings. The Labute approximate surface area is 148 Å². The van der Waals surface area contributed by atoms with Crippen molar-refractivity contribution in [2.24, 2.45) is 12.8 Å². The van der Waals surface area contributed by atoms with Crippen LogP contribution >= 0.6 is 11.6 Å². The number of anilines is 1. The zero-order valence-corrected chi connectivity index (χ0v) is 15.2. The lowest BCUT2D eigenvalue weighted by atomic mass is 9.91. The maximum Gasteiger partial charge on any atom is 0.0495 e. The summed E-state index contributed by atoms with van der Waals surface area (Å²) in [7, 11) is 6.17. The highest BCUT2D eigenvalue weighted by Gasteiger charge is 2.17. The second-order valence-corrected chi connectivity index (χ2v) is 6.99. The van der Waals surface area contributed by atoms with E-state index in [0.29, 0.717) is 12.5 Å². The van der Waals surface area contributed by atoms with Crippen LogP contribution in [0.2, 0.25) is 5.02 Å². The number of rotatable bonds is 5. The molecule has 1 heterocycles. The summed E-state index contributed by atoms with van der Waals surface area (Å²) in [5.74, 6) is 0.292. The van der Waals surface area contributed by atoms with Gasteiger partial charge in [-0.05, 0) is 48.4 Å². The van der Waals surface area contributed by atoms with Crippen molar-refractivity contribution < 1.29 is 0 Å². The van der Waals surface area contributed by atoms with Crippen LogP contribution in [-0.2, 0) is 13.5 Å². The molecule has 0 aliphatic rings. The van der Waals surface area contributed by atoms with Gasteiger partial charge in [-0.1, -0.05) is 29.8 Å². The van der Waals surface area contributed by atoms with Gasteiger partial charge in [0.2, 0.25) is 0 Å². The molecule has 0 aliphatic carbocycles. The first-order valence-electron chi connectivity index (χ1n) is 8.20.